The second kappa shape index (κ2) is 4.46. The van der Waals surface area contributed by atoms with E-state index < -0.39 is 5.51 Å². The van der Waals surface area contributed by atoms with E-state index in [-0.39, 0.29) is 16.7 Å². The van der Waals surface area contributed by atoms with Crippen molar-refractivity contribution in [3.63, 3.8) is 0 Å². The van der Waals surface area contributed by atoms with Crippen molar-refractivity contribution >= 4 is 33.3 Å². The first-order chi connectivity index (χ1) is 9.03. The van der Waals surface area contributed by atoms with E-state index in [2.05, 4.69) is 0 Å². The molecule has 0 aliphatic carbocycles. The van der Waals surface area contributed by atoms with Gasteiger partial charge < -0.3 is 0 Å². The SMILES string of the molecule is FC(F)(F)Sc1ccc2c(ccc3ccccc32)c1. The highest BCUT2D eigenvalue weighted by atomic mass is 32.2. The Labute approximate surface area is 112 Å². The molecule has 0 saturated carbocycles. The van der Waals surface area contributed by atoms with Crippen LogP contribution in [-0.2, 0) is 0 Å². The van der Waals surface area contributed by atoms with Crippen molar-refractivity contribution < 1.29 is 13.2 Å². The van der Waals surface area contributed by atoms with Gasteiger partial charge in [-0.1, -0.05) is 42.5 Å². The number of hydrogen-bond acceptors (Lipinski definition) is 1. The minimum atomic E-state index is -4.25. The summed E-state index contributed by atoms with van der Waals surface area (Å²) < 4.78 is 37.1. The van der Waals surface area contributed by atoms with E-state index in [4.69, 9.17) is 0 Å². The van der Waals surface area contributed by atoms with E-state index >= 15 is 0 Å². The molecule has 0 aromatic heterocycles. The molecule has 0 N–H and O–H groups in total. The molecule has 0 radical (unpaired) electrons. The first-order valence-electron chi connectivity index (χ1n) is 5.70. The quantitative estimate of drug-likeness (QED) is 0.412. The summed E-state index contributed by atoms with van der Waals surface area (Å²) >= 11 is -0.0790. The van der Waals surface area contributed by atoms with E-state index in [9.17, 15) is 13.2 Å². The smallest absolute Gasteiger partial charge is 0.160 e. The van der Waals surface area contributed by atoms with Crippen LogP contribution in [0.1, 0.15) is 0 Å². The van der Waals surface area contributed by atoms with Crippen molar-refractivity contribution in [3.05, 3.63) is 54.6 Å². The van der Waals surface area contributed by atoms with E-state index in [1.165, 1.54) is 6.07 Å². The number of hydrogen-bond donors (Lipinski definition) is 0. The van der Waals surface area contributed by atoms with Crippen LogP contribution in [-0.4, -0.2) is 5.51 Å². The van der Waals surface area contributed by atoms with Crippen molar-refractivity contribution in [1.82, 2.24) is 0 Å². The maximum Gasteiger partial charge on any atom is 0.446 e. The molecule has 3 aromatic rings. The van der Waals surface area contributed by atoms with Crippen molar-refractivity contribution in [3.8, 4) is 0 Å². The Morgan fingerprint density at radius 1 is 0.737 bits per heavy atom. The van der Waals surface area contributed by atoms with Crippen LogP contribution in [0.4, 0.5) is 13.2 Å². The summed E-state index contributed by atoms with van der Waals surface area (Å²) in [5.41, 5.74) is -4.25. The zero-order chi connectivity index (χ0) is 13.5. The molecule has 96 valence electrons. The molecule has 0 amide bonds. The Bertz CT molecular complexity index is 747. The third-order valence-electron chi connectivity index (χ3n) is 2.95. The van der Waals surface area contributed by atoms with Crippen LogP contribution < -0.4 is 0 Å². The molecule has 0 nitrogen and oxygen atoms in total. The highest BCUT2D eigenvalue weighted by molar-refractivity contribution is 8.00. The van der Waals surface area contributed by atoms with Gasteiger partial charge in [0.15, 0.2) is 0 Å². The average Bonchev–Trinajstić information content (AvgIpc) is 2.36. The molecule has 0 bridgehead atoms. The molecule has 0 fully saturated rings. The molecular formula is C15H9F3S. The number of benzene rings is 3. The third kappa shape index (κ3) is 2.54. The van der Waals surface area contributed by atoms with Crippen molar-refractivity contribution in [2.24, 2.45) is 0 Å². The van der Waals surface area contributed by atoms with Crippen LogP contribution in [0.25, 0.3) is 21.5 Å². The van der Waals surface area contributed by atoms with E-state index in [0.29, 0.717) is 0 Å². The normalized spacial score (nSPS) is 12.2. The van der Waals surface area contributed by atoms with Crippen LogP contribution in [0.2, 0.25) is 0 Å². The summed E-state index contributed by atoms with van der Waals surface area (Å²) in [6.45, 7) is 0. The van der Waals surface area contributed by atoms with Gasteiger partial charge in [-0.25, -0.2) is 0 Å². The van der Waals surface area contributed by atoms with Gasteiger partial charge in [0, 0.05) is 4.90 Å². The zero-order valence-electron chi connectivity index (χ0n) is 9.74. The molecule has 0 atom stereocenters. The van der Waals surface area contributed by atoms with Crippen molar-refractivity contribution in [1.29, 1.82) is 0 Å². The molecule has 0 spiro atoms. The summed E-state index contributed by atoms with van der Waals surface area (Å²) in [5.74, 6) is 0. The Balaban J connectivity index is 2.17. The van der Waals surface area contributed by atoms with Crippen LogP contribution in [0.15, 0.2) is 59.5 Å². The molecule has 0 aliphatic heterocycles. The lowest BCUT2D eigenvalue weighted by atomic mass is 10.0. The van der Waals surface area contributed by atoms with Gasteiger partial charge in [0.25, 0.3) is 0 Å². The second-order valence-electron chi connectivity index (χ2n) is 4.22. The van der Waals surface area contributed by atoms with E-state index in [1.54, 1.807) is 12.1 Å². The zero-order valence-corrected chi connectivity index (χ0v) is 10.6. The summed E-state index contributed by atoms with van der Waals surface area (Å²) in [5, 5.41) is 3.95. The van der Waals surface area contributed by atoms with Gasteiger partial charge in [-0.05, 0) is 45.4 Å². The van der Waals surface area contributed by atoms with Crippen LogP contribution in [0, 0.1) is 0 Å². The number of fused-ring (bicyclic) bond motifs is 3. The summed E-state index contributed by atoms with van der Waals surface area (Å²) in [4.78, 5) is 0.218. The topological polar surface area (TPSA) is 0 Å². The fourth-order valence-electron chi connectivity index (χ4n) is 2.19. The predicted octanol–water partition coefficient (Wildman–Crippen LogP) is 5.60. The van der Waals surface area contributed by atoms with Crippen molar-refractivity contribution in [2.45, 2.75) is 10.4 Å². The van der Waals surface area contributed by atoms with Crippen molar-refractivity contribution in [2.75, 3.05) is 0 Å². The third-order valence-corrected chi connectivity index (χ3v) is 3.67. The van der Waals surface area contributed by atoms with Gasteiger partial charge in [-0.3, -0.25) is 0 Å². The summed E-state index contributed by atoms with van der Waals surface area (Å²) in [7, 11) is 0. The molecule has 4 heteroatoms. The molecule has 0 aliphatic rings. The minimum Gasteiger partial charge on any atom is -0.160 e. The van der Waals surface area contributed by atoms with Gasteiger partial charge in [-0.15, -0.1) is 0 Å². The fourth-order valence-corrected chi connectivity index (χ4v) is 2.78. The van der Waals surface area contributed by atoms with Gasteiger partial charge in [0.1, 0.15) is 0 Å². The maximum absolute atomic E-state index is 12.4. The lowest BCUT2D eigenvalue weighted by Gasteiger charge is -2.08. The molecule has 3 aromatic carbocycles. The highest BCUT2D eigenvalue weighted by Crippen LogP contribution is 2.38. The number of halogens is 3. The molecule has 3 rings (SSSR count). The average molecular weight is 278 g/mol. The lowest BCUT2D eigenvalue weighted by Crippen LogP contribution is -1.98. The highest BCUT2D eigenvalue weighted by Gasteiger charge is 2.29. The minimum absolute atomic E-state index is 0.0790. The summed E-state index contributed by atoms with van der Waals surface area (Å²) in [6.07, 6.45) is 0. The summed E-state index contributed by atoms with van der Waals surface area (Å²) in [6, 6.07) is 16.5. The standard InChI is InChI=1S/C15H9F3S/c16-15(17,18)19-12-7-8-14-11(9-12)6-5-10-3-1-2-4-13(10)14/h1-9H. The molecule has 0 unspecified atom stereocenters. The largest absolute Gasteiger partial charge is 0.446 e. The predicted molar refractivity (Wildman–Crippen MR) is 73.4 cm³/mol. The van der Waals surface area contributed by atoms with Crippen LogP contribution in [0.5, 0.6) is 0 Å². The van der Waals surface area contributed by atoms with E-state index in [1.807, 2.05) is 36.4 Å². The Morgan fingerprint density at radius 2 is 1.42 bits per heavy atom. The first kappa shape index (κ1) is 12.4. The van der Waals surface area contributed by atoms with Crippen LogP contribution in [0.3, 0.4) is 0 Å². The molecule has 0 heterocycles. The van der Waals surface area contributed by atoms with E-state index in [0.717, 1.165) is 21.5 Å². The van der Waals surface area contributed by atoms with Crippen LogP contribution >= 0.6 is 11.8 Å². The number of alkyl halides is 3. The van der Waals surface area contributed by atoms with Gasteiger partial charge in [0.2, 0.25) is 0 Å². The second-order valence-corrected chi connectivity index (χ2v) is 5.36. The maximum atomic E-state index is 12.4. The van der Waals surface area contributed by atoms with Gasteiger partial charge in [0.05, 0.1) is 0 Å². The Morgan fingerprint density at radius 3 is 2.21 bits per heavy atom. The fraction of sp³-hybridized carbons (Fsp3) is 0.0667. The number of rotatable bonds is 1. The number of thioether (sulfide) groups is 1. The first-order valence-corrected chi connectivity index (χ1v) is 6.52. The molecular weight excluding hydrogens is 269 g/mol. The molecule has 0 saturated heterocycles. The lowest BCUT2D eigenvalue weighted by molar-refractivity contribution is -0.0328. The monoisotopic (exact) mass is 278 g/mol. The van der Waals surface area contributed by atoms with Gasteiger partial charge in [-0.2, -0.15) is 13.2 Å². The van der Waals surface area contributed by atoms with Gasteiger partial charge >= 0.3 is 5.51 Å². The Kier molecular flexibility index (Phi) is 2.90. The Hall–Kier alpha value is -1.68. The molecule has 19 heavy (non-hydrogen) atoms.